The van der Waals surface area contributed by atoms with E-state index in [2.05, 4.69) is 40.2 Å². The largest absolute Gasteiger partial charge is 0.377 e. The number of ether oxygens (including phenoxy) is 1. The molecule has 1 fully saturated rings. The molecule has 88 valence electrons. The van der Waals surface area contributed by atoms with Gasteiger partial charge in [-0.25, -0.2) is 0 Å². The zero-order valence-electron chi connectivity index (χ0n) is 9.62. The van der Waals surface area contributed by atoms with Crippen LogP contribution in [0.15, 0.2) is 30.3 Å². The summed E-state index contributed by atoms with van der Waals surface area (Å²) < 4.78 is 5.67. The molecule has 1 aliphatic carbocycles. The Kier molecular flexibility index (Phi) is 4.42. The number of benzene rings is 1. The van der Waals surface area contributed by atoms with E-state index < -0.39 is 0 Å². The SMILES string of the molecule is BrCC1(CCCOCc2ccccc2)CC1. The molecule has 0 aromatic heterocycles. The van der Waals surface area contributed by atoms with Crippen LogP contribution in [-0.2, 0) is 11.3 Å². The summed E-state index contributed by atoms with van der Waals surface area (Å²) >= 11 is 3.60. The minimum absolute atomic E-state index is 0.635. The monoisotopic (exact) mass is 282 g/mol. The molecule has 0 N–H and O–H groups in total. The fraction of sp³-hybridized carbons (Fsp3) is 0.571. The van der Waals surface area contributed by atoms with E-state index in [1.54, 1.807) is 0 Å². The van der Waals surface area contributed by atoms with E-state index in [1.807, 2.05) is 6.07 Å². The highest BCUT2D eigenvalue weighted by Gasteiger charge is 2.40. The maximum atomic E-state index is 5.67. The van der Waals surface area contributed by atoms with E-state index in [-0.39, 0.29) is 0 Å². The van der Waals surface area contributed by atoms with Crippen LogP contribution in [0.2, 0.25) is 0 Å². The first-order chi connectivity index (χ1) is 7.85. The van der Waals surface area contributed by atoms with E-state index >= 15 is 0 Å². The summed E-state index contributed by atoms with van der Waals surface area (Å²) in [5, 5.41) is 1.17. The molecule has 1 aromatic rings. The lowest BCUT2D eigenvalue weighted by Crippen LogP contribution is -2.04. The topological polar surface area (TPSA) is 9.23 Å². The lowest BCUT2D eigenvalue weighted by molar-refractivity contribution is 0.113. The lowest BCUT2D eigenvalue weighted by atomic mass is 10.0. The molecule has 1 aromatic carbocycles. The summed E-state index contributed by atoms with van der Waals surface area (Å²) in [6.45, 7) is 1.64. The molecule has 0 radical (unpaired) electrons. The van der Waals surface area contributed by atoms with Crippen LogP contribution in [0.25, 0.3) is 0 Å². The average molecular weight is 283 g/mol. The molecule has 0 amide bonds. The normalized spacial score (nSPS) is 17.3. The number of alkyl halides is 1. The van der Waals surface area contributed by atoms with Gasteiger partial charge >= 0.3 is 0 Å². The molecule has 0 heterocycles. The highest BCUT2D eigenvalue weighted by Crippen LogP contribution is 2.50. The van der Waals surface area contributed by atoms with Gasteiger partial charge in [0, 0.05) is 11.9 Å². The minimum Gasteiger partial charge on any atom is -0.377 e. The third kappa shape index (κ3) is 3.60. The molecule has 0 unspecified atom stereocenters. The van der Waals surface area contributed by atoms with Crippen molar-refractivity contribution in [3.63, 3.8) is 0 Å². The van der Waals surface area contributed by atoms with Crippen molar-refractivity contribution in [1.29, 1.82) is 0 Å². The molecule has 0 aliphatic heterocycles. The zero-order valence-corrected chi connectivity index (χ0v) is 11.2. The van der Waals surface area contributed by atoms with Crippen molar-refractivity contribution < 1.29 is 4.74 Å². The van der Waals surface area contributed by atoms with Gasteiger partial charge < -0.3 is 4.74 Å². The van der Waals surface area contributed by atoms with E-state index in [1.165, 1.54) is 36.6 Å². The smallest absolute Gasteiger partial charge is 0.0716 e. The third-order valence-corrected chi connectivity index (χ3v) is 4.54. The Morgan fingerprint density at radius 2 is 1.94 bits per heavy atom. The summed E-state index contributed by atoms with van der Waals surface area (Å²) in [5.41, 5.74) is 1.90. The average Bonchev–Trinajstić information content (AvgIpc) is 3.11. The van der Waals surface area contributed by atoms with Gasteiger partial charge in [0.15, 0.2) is 0 Å². The van der Waals surface area contributed by atoms with Crippen LogP contribution in [0.3, 0.4) is 0 Å². The molecule has 16 heavy (non-hydrogen) atoms. The van der Waals surface area contributed by atoms with Gasteiger partial charge in [0.1, 0.15) is 0 Å². The van der Waals surface area contributed by atoms with Crippen molar-refractivity contribution in [2.75, 3.05) is 11.9 Å². The van der Waals surface area contributed by atoms with Gasteiger partial charge in [0.25, 0.3) is 0 Å². The summed E-state index contributed by atoms with van der Waals surface area (Å²) in [5.74, 6) is 0. The van der Waals surface area contributed by atoms with Crippen LogP contribution < -0.4 is 0 Å². The predicted molar refractivity (Wildman–Crippen MR) is 70.8 cm³/mol. The molecular formula is C14H19BrO. The van der Waals surface area contributed by atoms with Crippen LogP contribution in [0, 0.1) is 5.41 Å². The van der Waals surface area contributed by atoms with Gasteiger partial charge in [-0.2, -0.15) is 0 Å². The van der Waals surface area contributed by atoms with Crippen molar-refractivity contribution in [3.8, 4) is 0 Å². The van der Waals surface area contributed by atoms with Crippen LogP contribution in [0.5, 0.6) is 0 Å². The maximum Gasteiger partial charge on any atom is 0.0716 e. The summed E-state index contributed by atoms with van der Waals surface area (Å²) in [7, 11) is 0. The van der Waals surface area contributed by atoms with E-state index in [0.29, 0.717) is 5.41 Å². The van der Waals surface area contributed by atoms with Crippen molar-refractivity contribution in [1.82, 2.24) is 0 Å². The molecule has 0 bridgehead atoms. The maximum absolute atomic E-state index is 5.67. The second-order valence-electron chi connectivity index (χ2n) is 4.78. The minimum atomic E-state index is 0.635. The van der Waals surface area contributed by atoms with E-state index in [0.717, 1.165) is 13.2 Å². The van der Waals surface area contributed by atoms with Crippen molar-refractivity contribution in [2.45, 2.75) is 32.3 Å². The van der Waals surface area contributed by atoms with Gasteiger partial charge in [-0.3, -0.25) is 0 Å². The Labute approximate surface area is 106 Å². The fourth-order valence-electron chi connectivity index (χ4n) is 1.94. The Morgan fingerprint density at radius 1 is 1.19 bits per heavy atom. The molecule has 1 nitrogen and oxygen atoms in total. The van der Waals surface area contributed by atoms with Gasteiger partial charge in [0.2, 0.25) is 0 Å². The number of rotatable bonds is 7. The fourth-order valence-corrected chi connectivity index (χ4v) is 2.78. The van der Waals surface area contributed by atoms with Crippen LogP contribution >= 0.6 is 15.9 Å². The van der Waals surface area contributed by atoms with Crippen LogP contribution in [0.1, 0.15) is 31.2 Å². The molecule has 0 saturated heterocycles. The Bertz CT molecular complexity index is 306. The van der Waals surface area contributed by atoms with Crippen LogP contribution in [0.4, 0.5) is 0 Å². The summed E-state index contributed by atoms with van der Waals surface area (Å²) in [4.78, 5) is 0. The molecule has 2 rings (SSSR count). The van der Waals surface area contributed by atoms with Gasteiger partial charge in [0.05, 0.1) is 6.61 Å². The van der Waals surface area contributed by atoms with E-state index in [9.17, 15) is 0 Å². The Balaban J connectivity index is 1.56. The number of hydrogen-bond donors (Lipinski definition) is 0. The molecule has 1 saturated carbocycles. The second kappa shape index (κ2) is 5.83. The molecule has 2 heteroatoms. The Hall–Kier alpha value is -0.340. The van der Waals surface area contributed by atoms with Crippen molar-refractivity contribution in [3.05, 3.63) is 35.9 Å². The molecule has 0 spiro atoms. The van der Waals surface area contributed by atoms with Gasteiger partial charge in [-0.05, 0) is 36.7 Å². The number of halogens is 1. The first kappa shape index (κ1) is 12.1. The predicted octanol–water partition coefficient (Wildman–Crippen LogP) is 4.16. The zero-order chi connectivity index (χ0) is 11.3. The lowest BCUT2D eigenvalue weighted by Gasteiger charge is -2.10. The molecular weight excluding hydrogens is 264 g/mol. The van der Waals surface area contributed by atoms with Gasteiger partial charge in [-0.1, -0.05) is 46.3 Å². The summed E-state index contributed by atoms with van der Waals surface area (Å²) in [6.07, 6.45) is 5.30. The first-order valence-corrected chi connectivity index (χ1v) is 7.14. The highest BCUT2D eigenvalue weighted by molar-refractivity contribution is 9.09. The molecule has 1 aliphatic rings. The molecule has 0 atom stereocenters. The van der Waals surface area contributed by atoms with Crippen molar-refractivity contribution >= 4 is 15.9 Å². The highest BCUT2D eigenvalue weighted by atomic mass is 79.9. The second-order valence-corrected chi connectivity index (χ2v) is 5.34. The quantitative estimate of drug-likeness (QED) is 0.539. The Morgan fingerprint density at radius 3 is 2.56 bits per heavy atom. The number of hydrogen-bond acceptors (Lipinski definition) is 1. The van der Waals surface area contributed by atoms with E-state index in [4.69, 9.17) is 4.74 Å². The van der Waals surface area contributed by atoms with Crippen molar-refractivity contribution in [2.24, 2.45) is 5.41 Å². The summed E-state index contributed by atoms with van der Waals surface area (Å²) in [6, 6.07) is 10.4. The standard InChI is InChI=1S/C14H19BrO/c15-12-14(8-9-14)7-4-10-16-11-13-5-2-1-3-6-13/h1-3,5-6H,4,7-12H2. The first-order valence-electron chi connectivity index (χ1n) is 6.02. The third-order valence-electron chi connectivity index (χ3n) is 3.35. The van der Waals surface area contributed by atoms with Gasteiger partial charge in [-0.15, -0.1) is 0 Å². The van der Waals surface area contributed by atoms with Crippen LogP contribution in [-0.4, -0.2) is 11.9 Å².